The zero-order valence-corrected chi connectivity index (χ0v) is 16.8. The number of aromatic nitrogens is 2. The number of carbonyl (C=O) groups is 1. The Labute approximate surface area is 170 Å². The summed E-state index contributed by atoms with van der Waals surface area (Å²) in [6.45, 7) is 2.06. The van der Waals surface area contributed by atoms with E-state index in [4.69, 9.17) is 9.47 Å². The molecule has 0 radical (unpaired) electrons. The van der Waals surface area contributed by atoms with Crippen molar-refractivity contribution in [1.82, 2.24) is 14.9 Å². The van der Waals surface area contributed by atoms with E-state index in [2.05, 4.69) is 20.2 Å². The lowest BCUT2D eigenvalue weighted by Gasteiger charge is -2.05. The largest absolute Gasteiger partial charge is 0.454 e. The maximum Gasteiger partial charge on any atom is 0.270 e. The number of hydrogen-bond donors (Lipinski definition) is 2. The van der Waals surface area contributed by atoms with Crippen molar-refractivity contribution in [2.75, 3.05) is 12.1 Å². The fraction of sp³-hybridized carbons (Fsp3) is 0.167. The number of amides is 1. The summed E-state index contributed by atoms with van der Waals surface area (Å²) in [5, 5.41) is 10.1. The van der Waals surface area contributed by atoms with Gasteiger partial charge in [-0.15, -0.1) is 10.2 Å². The molecule has 1 amide bonds. The third-order valence-corrected chi connectivity index (χ3v) is 6.65. The van der Waals surface area contributed by atoms with Gasteiger partial charge >= 0.3 is 0 Å². The van der Waals surface area contributed by atoms with Crippen LogP contribution in [0.5, 0.6) is 11.5 Å². The van der Waals surface area contributed by atoms with Gasteiger partial charge in [-0.1, -0.05) is 35.1 Å². The molecule has 0 fully saturated rings. The first-order valence-electron chi connectivity index (χ1n) is 8.50. The van der Waals surface area contributed by atoms with Gasteiger partial charge in [0.1, 0.15) is 0 Å². The molecule has 0 atom stereocenters. The Bertz CT molecular complexity index is 1180. The van der Waals surface area contributed by atoms with E-state index in [1.54, 1.807) is 36.4 Å². The Balaban J connectivity index is 1.41. The van der Waals surface area contributed by atoms with Crippen LogP contribution < -0.4 is 19.5 Å². The SMILES string of the molecule is Cc1cccc(C(=O)Nc2nnc(S(=O)(=O)NCc3ccc4c(c3)OCO4)s2)c1. The van der Waals surface area contributed by atoms with Crippen molar-refractivity contribution in [2.45, 2.75) is 17.8 Å². The Hall–Kier alpha value is -3.02. The predicted octanol–water partition coefficient (Wildman–Crippen LogP) is 2.31. The molecule has 1 aromatic heterocycles. The van der Waals surface area contributed by atoms with Crippen LogP contribution in [0.1, 0.15) is 21.5 Å². The van der Waals surface area contributed by atoms with Gasteiger partial charge < -0.3 is 9.47 Å². The molecule has 2 aromatic carbocycles. The topological polar surface area (TPSA) is 120 Å². The molecule has 2 heterocycles. The van der Waals surface area contributed by atoms with Gasteiger partial charge in [-0.05, 0) is 36.8 Å². The molecule has 0 unspecified atom stereocenters. The highest BCUT2D eigenvalue weighted by Gasteiger charge is 2.22. The van der Waals surface area contributed by atoms with E-state index in [1.165, 1.54) is 0 Å². The molecule has 29 heavy (non-hydrogen) atoms. The van der Waals surface area contributed by atoms with Crippen molar-refractivity contribution in [1.29, 1.82) is 0 Å². The normalized spacial score (nSPS) is 12.7. The number of carbonyl (C=O) groups excluding carboxylic acids is 1. The molecule has 2 N–H and O–H groups in total. The first-order chi connectivity index (χ1) is 13.9. The van der Waals surface area contributed by atoms with Crippen molar-refractivity contribution >= 4 is 32.4 Å². The van der Waals surface area contributed by atoms with Crippen LogP contribution >= 0.6 is 11.3 Å². The van der Waals surface area contributed by atoms with Crippen LogP contribution in [0.3, 0.4) is 0 Å². The fourth-order valence-corrected chi connectivity index (χ4v) is 4.57. The van der Waals surface area contributed by atoms with Crippen molar-refractivity contribution in [3.63, 3.8) is 0 Å². The van der Waals surface area contributed by atoms with Crippen molar-refractivity contribution in [2.24, 2.45) is 0 Å². The van der Waals surface area contributed by atoms with Gasteiger partial charge in [0, 0.05) is 12.1 Å². The van der Waals surface area contributed by atoms with Crippen molar-refractivity contribution in [3.05, 3.63) is 59.2 Å². The second-order valence-electron chi connectivity index (χ2n) is 6.21. The summed E-state index contributed by atoms with van der Waals surface area (Å²) >= 11 is 0.773. The molecular weight excluding hydrogens is 416 g/mol. The Kier molecular flexibility index (Phi) is 5.18. The average molecular weight is 432 g/mol. The number of anilines is 1. The van der Waals surface area contributed by atoms with Crippen LogP contribution in [-0.2, 0) is 16.6 Å². The number of sulfonamides is 1. The Morgan fingerprint density at radius 3 is 2.79 bits per heavy atom. The first kappa shape index (κ1) is 19.3. The summed E-state index contributed by atoms with van der Waals surface area (Å²) in [7, 11) is -3.89. The number of nitrogens with one attached hydrogen (secondary N) is 2. The zero-order valence-electron chi connectivity index (χ0n) is 15.2. The summed E-state index contributed by atoms with van der Waals surface area (Å²) in [6, 6.07) is 12.2. The van der Waals surface area contributed by atoms with Gasteiger partial charge in [-0.25, -0.2) is 13.1 Å². The lowest BCUT2D eigenvalue weighted by molar-refractivity contribution is 0.102. The molecule has 1 aliphatic rings. The summed E-state index contributed by atoms with van der Waals surface area (Å²) in [5.74, 6) is 0.801. The molecule has 0 bridgehead atoms. The molecule has 0 aliphatic carbocycles. The van der Waals surface area contributed by atoms with E-state index in [1.807, 2.05) is 13.0 Å². The fourth-order valence-electron chi connectivity index (χ4n) is 2.62. The monoisotopic (exact) mass is 432 g/mol. The molecule has 150 valence electrons. The highest BCUT2D eigenvalue weighted by molar-refractivity contribution is 7.91. The van der Waals surface area contributed by atoms with E-state index in [9.17, 15) is 13.2 Å². The number of ether oxygens (including phenoxy) is 2. The quantitative estimate of drug-likeness (QED) is 0.574. The van der Waals surface area contributed by atoms with Crippen LogP contribution in [-0.4, -0.2) is 31.3 Å². The summed E-state index contributed by atoms with van der Waals surface area (Å²) in [5.41, 5.74) is 2.09. The summed E-state index contributed by atoms with van der Waals surface area (Å²) < 4.78 is 37.7. The molecular formula is C18H16N4O5S2. The van der Waals surface area contributed by atoms with E-state index >= 15 is 0 Å². The van der Waals surface area contributed by atoms with Crippen LogP contribution in [0.15, 0.2) is 46.8 Å². The number of benzene rings is 2. The molecule has 1 aliphatic heterocycles. The first-order valence-corrected chi connectivity index (χ1v) is 10.8. The molecule has 9 nitrogen and oxygen atoms in total. The van der Waals surface area contributed by atoms with Crippen LogP contribution in [0.25, 0.3) is 0 Å². The van der Waals surface area contributed by atoms with Crippen LogP contribution in [0, 0.1) is 6.92 Å². The Morgan fingerprint density at radius 2 is 1.97 bits per heavy atom. The molecule has 11 heteroatoms. The molecule has 0 saturated heterocycles. The van der Waals surface area contributed by atoms with Gasteiger partial charge in [-0.2, -0.15) is 0 Å². The number of aryl methyl sites for hydroxylation is 1. The standard InChI is InChI=1S/C18H16N4O5S2/c1-11-3-2-4-13(7-11)16(23)20-17-21-22-18(28-17)29(24,25)19-9-12-5-6-14-15(8-12)27-10-26-14/h2-8,19H,9-10H2,1H3,(H,20,21,23). The second kappa shape index (κ2) is 7.78. The summed E-state index contributed by atoms with van der Waals surface area (Å²) in [6.07, 6.45) is 0. The minimum Gasteiger partial charge on any atom is -0.454 e. The van der Waals surface area contributed by atoms with Gasteiger partial charge in [0.2, 0.25) is 16.3 Å². The smallest absolute Gasteiger partial charge is 0.270 e. The highest BCUT2D eigenvalue weighted by Crippen LogP contribution is 2.32. The Morgan fingerprint density at radius 1 is 1.14 bits per heavy atom. The van der Waals surface area contributed by atoms with Gasteiger partial charge in [0.05, 0.1) is 0 Å². The second-order valence-corrected chi connectivity index (χ2v) is 9.13. The van der Waals surface area contributed by atoms with E-state index in [0.717, 1.165) is 16.9 Å². The average Bonchev–Trinajstić information content (AvgIpc) is 3.35. The van der Waals surface area contributed by atoms with Crippen LogP contribution in [0.2, 0.25) is 0 Å². The maximum absolute atomic E-state index is 12.5. The number of nitrogens with zero attached hydrogens (tertiary/aromatic N) is 2. The summed E-state index contributed by atoms with van der Waals surface area (Å²) in [4.78, 5) is 12.3. The van der Waals surface area contributed by atoms with E-state index in [0.29, 0.717) is 22.6 Å². The third kappa shape index (κ3) is 4.36. The van der Waals surface area contributed by atoms with Crippen LogP contribution in [0.4, 0.5) is 5.13 Å². The van der Waals surface area contributed by atoms with Crippen molar-refractivity contribution in [3.8, 4) is 11.5 Å². The molecule has 0 saturated carbocycles. The third-order valence-electron chi connectivity index (χ3n) is 4.04. The van der Waals surface area contributed by atoms with Gasteiger partial charge in [-0.3, -0.25) is 10.1 Å². The number of hydrogen-bond acceptors (Lipinski definition) is 8. The van der Waals surface area contributed by atoms with Gasteiger partial charge in [0.25, 0.3) is 15.9 Å². The minimum atomic E-state index is -3.89. The van der Waals surface area contributed by atoms with E-state index < -0.39 is 10.0 Å². The highest BCUT2D eigenvalue weighted by atomic mass is 32.2. The van der Waals surface area contributed by atoms with E-state index in [-0.39, 0.29) is 28.7 Å². The molecule has 3 aromatic rings. The van der Waals surface area contributed by atoms with Crippen molar-refractivity contribution < 1.29 is 22.7 Å². The number of fused-ring (bicyclic) bond motifs is 1. The predicted molar refractivity (Wildman–Crippen MR) is 106 cm³/mol. The lowest BCUT2D eigenvalue weighted by Crippen LogP contribution is -2.23. The molecule has 0 spiro atoms. The lowest BCUT2D eigenvalue weighted by atomic mass is 10.1. The maximum atomic E-state index is 12.5. The molecule has 4 rings (SSSR count). The number of rotatable bonds is 6. The van der Waals surface area contributed by atoms with Gasteiger partial charge in [0.15, 0.2) is 11.5 Å². The zero-order chi connectivity index (χ0) is 20.4. The minimum absolute atomic E-state index is 0.0452.